The van der Waals surface area contributed by atoms with Gasteiger partial charge in [-0.3, -0.25) is 4.90 Å². The summed E-state index contributed by atoms with van der Waals surface area (Å²) in [6.45, 7) is 12.4. The molecule has 2 heterocycles. The lowest BCUT2D eigenvalue weighted by Crippen LogP contribution is -2.46. The molecule has 0 radical (unpaired) electrons. The van der Waals surface area contributed by atoms with Gasteiger partial charge >= 0.3 is 0 Å². The molecular formula is C12H25N3. The largest absolute Gasteiger partial charge is 0.314 e. The average Bonchev–Trinajstić information content (AvgIpc) is 2.76. The van der Waals surface area contributed by atoms with Gasteiger partial charge in [0.15, 0.2) is 0 Å². The molecule has 0 bridgehead atoms. The van der Waals surface area contributed by atoms with Crippen molar-refractivity contribution in [3.8, 4) is 0 Å². The standard InChI is InChI=1S/C12H25N3/c1-2-12-3-6-15(11-12)10-9-14-7-4-13-5-8-14/h12-13H,2-11H2,1H3. The summed E-state index contributed by atoms with van der Waals surface area (Å²) in [5.41, 5.74) is 0. The van der Waals surface area contributed by atoms with Crippen molar-refractivity contribution < 1.29 is 0 Å². The highest BCUT2D eigenvalue weighted by atomic mass is 15.2. The molecule has 0 spiro atoms. The molecule has 3 heteroatoms. The molecule has 15 heavy (non-hydrogen) atoms. The second-order valence-electron chi connectivity index (χ2n) is 4.96. The Kier molecular flexibility index (Phi) is 4.42. The first-order valence-corrected chi connectivity index (χ1v) is 6.54. The van der Waals surface area contributed by atoms with Gasteiger partial charge in [-0.15, -0.1) is 0 Å². The van der Waals surface area contributed by atoms with Crippen LogP contribution in [0.15, 0.2) is 0 Å². The van der Waals surface area contributed by atoms with Crippen molar-refractivity contribution in [1.29, 1.82) is 0 Å². The van der Waals surface area contributed by atoms with Crippen LogP contribution < -0.4 is 5.32 Å². The number of nitrogens with zero attached hydrogens (tertiary/aromatic N) is 2. The zero-order valence-corrected chi connectivity index (χ0v) is 10.0. The molecule has 3 nitrogen and oxygen atoms in total. The Hall–Kier alpha value is -0.120. The van der Waals surface area contributed by atoms with Crippen LogP contribution in [-0.2, 0) is 0 Å². The van der Waals surface area contributed by atoms with Crippen molar-refractivity contribution in [3.63, 3.8) is 0 Å². The first-order valence-electron chi connectivity index (χ1n) is 6.54. The molecule has 2 fully saturated rings. The van der Waals surface area contributed by atoms with Gasteiger partial charge in [-0.2, -0.15) is 0 Å². The molecule has 2 aliphatic rings. The van der Waals surface area contributed by atoms with E-state index in [0.717, 1.165) is 5.92 Å². The molecule has 0 saturated carbocycles. The van der Waals surface area contributed by atoms with Gasteiger partial charge in [0.2, 0.25) is 0 Å². The Bertz CT molecular complexity index is 178. The predicted octanol–water partition coefficient (Wildman–Crippen LogP) is 0.624. The minimum absolute atomic E-state index is 0.980. The summed E-state index contributed by atoms with van der Waals surface area (Å²) in [6, 6.07) is 0. The second-order valence-corrected chi connectivity index (χ2v) is 4.96. The monoisotopic (exact) mass is 211 g/mol. The summed E-state index contributed by atoms with van der Waals surface area (Å²) >= 11 is 0. The zero-order valence-electron chi connectivity index (χ0n) is 10.0. The Balaban J connectivity index is 1.61. The molecular weight excluding hydrogens is 186 g/mol. The van der Waals surface area contributed by atoms with E-state index in [0.29, 0.717) is 0 Å². The van der Waals surface area contributed by atoms with Crippen LogP contribution in [0, 0.1) is 5.92 Å². The van der Waals surface area contributed by atoms with Crippen molar-refractivity contribution in [2.75, 3.05) is 52.4 Å². The van der Waals surface area contributed by atoms with Gasteiger partial charge in [-0.05, 0) is 18.9 Å². The van der Waals surface area contributed by atoms with Crippen molar-refractivity contribution in [2.45, 2.75) is 19.8 Å². The van der Waals surface area contributed by atoms with Crippen LogP contribution in [0.4, 0.5) is 0 Å². The Morgan fingerprint density at radius 2 is 1.80 bits per heavy atom. The number of likely N-dealkylation sites (tertiary alicyclic amines) is 1. The summed E-state index contributed by atoms with van der Waals surface area (Å²) in [5.74, 6) is 0.980. The maximum absolute atomic E-state index is 3.40. The first-order chi connectivity index (χ1) is 7.38. The number of piperazine rings is 1. The molecule has 1 atom stereocenters. The molecule has 0 aromatic heterocycles. The van der Waals surface area contributed by atoms with Crippen LogP contribution in [0.5, 0.6) is 0 Å². The quantitative estimate of drug-likeness (QED) is 0.735. The molecule has 2 saturated heterocycles. The Morgan fingerprint density at radius 3 is 2.47 bits per heavy atom. The Morgan fingerprint density at radius 1 is 1.07 bits per heavy atom. The maximum atomic E-state index is 3.40. The van der Waals surface area contributed by atoms with Crippen molar-refractivity contribution in [3.05, 3.63) is 0 Å². The van der Waals surface area contributed by atoms with E-state index in [1.54, 1.807) is 0 Å². The second kappa shape index (κ2) is 5.83. The van der Waals surface area contributed by atoms with Crippen molar-refractivity contribution >= 4 is 0 Å². The fourth-order valence-electron chi connectivity index (χ4n) is 2.67. The summed E-state index contributed by atoms with van der Waals surface area (Å²) in [5, 5.41) is 3.40. The predicted molar refractivity (Wildman–Crippen MR) is 64.1 cm³/mol. The maximum Gasteiger partial charge on any atom is 0.0110 e. The van der Waals surface area contributed by atoms with E-state index < -0.39 is 0 Å². The molecule has 0 aliphatic carbocycles. The summed E-state index contributed by atoms with van der Waals surface area (Å²) in [6.07, 6.45) is 2.79. The topological polar surface area (TPSA) is 18.5 Å². The first kappa shape index (κ1) is 11.4. The Labute approximate surface area is 93.8 Å². The van der Waals surface area contributed by atoms with Gasteiger partial charge in [0, 0.05) is 45.8 Å². The van der Waals surface area contributed by atoms with E-state index in [-0.39, 0.29) is 0 Å². The van der Waals surface area contributed by atoms with Crippen molar-refractivity contribution in [1.82, 2.24) is 15.1 Å². The molecule has 1 unspecified atom stereocenters. The van der Waals surface area contributed by atoms with Crippen LogP contribution in [0.25, 0.3) is 0 Å². The van der Waals surface area contributed by atoms with Crippen LogP contribution >= 0.6 is 0 Å². The van der Waals surface area contributed by atoms with Crippen LogP contribution in [0.1, 0.15) is 19.8 Å². The number of hydrogen-bond acceptors (Lipinski definition) is 3. The molecule has 88 valence electrons. The van der Waals surface area contributed by atoms with Crippen LogP contribution in [0.3, 0.4) is 0 Å². The molecule has 2 aliphatic heterocycles. The summed E-state index contributed by atoms with van der Waals surface area (Å²) in [4.78, 5) is 5.24. The number of rotatable bonds is 4. The molecule has 1 N–H and O–H groups in total. The molecule has 2 rings (SSSR count). The third kappa shape index (κ3) is 3.44. The minimum atomic E-state index is 0.980. The number of hydrogen-bond donors (Lipinski definition) is 1. The third-order valence-electron chi connectivity index (χ3n) is 3.89. The lowest BCUT2D eigenvalue weighted by molar-refractivity contribution is 0.202. The highest BCUT2D eigenvalue weighted by Crippen LogP contribution is 2.18. The smallest absolute Gasteiger partial charge is 0.0110 e. The zero-order chi connectivity index (χ0) is 10.5. The summed E-state index contributed by atoms with van der Waals surface area (Å²) < 4.78 is 0. The van der Waals surface area contributed by atoms with Gasteiger partial charge in [-0.25, -0.2) is 0 Å². The van der Waals surface area contributed by atoms with E-state index >= 15 is 0 Å². The van der Waals surface area contributed by atoms with Gasteiger partial charge < -0.3 is 10.2 Å². The number of nitrogens with one attached hydrogen (secondary N) is 1. The van der Waals surface area contributed by atoms with Gasteiger partial charge in [0.1, 0.15) is 0 Å². The van der Waals surface area contributed by atoms with Gasteiger partial charge in [-0.1, -0.05) is 13.3 Å². The van der Waals surface area contributed by atoms with E-state index in [2.05, 4.69) is 22.0 Å². The van der Waals surface area contributed by atoms with E-state index in [1.165, 1.54) is 65.2 Å². The third-order valence-corrected chi connectivity index (χ3v) is 3.89. The fraction of sp³-hybridized carbons (Fsp3) is 1.00. The van der Waals surface area contributed by atoms with Gasteiger partial charge in [0.25, 0.3) is 0 Å². The fourth-order valence-corrected chi connectivity index (χ4v) is 2.67. The van der Waals surface area contributed by atoms with Crippen molar-refractivity contribution in [2.24, 2.45) is 5.92 Å². The SMILES string of the molecule is CCC1CCN(CCN2CCNCC2)C1. The normalized spacial score (nSPS) is 29.8. The minimum Gasteiger partial charge on any atom is -0.314 e. The molecule has 0 aromatic rings. The lowest BCUT2D eigenvalue weighted by Gasteiger charge is -2.29. The van der Waals surface area contributed by atoms with E-state index in [9.17, 15) is 0 Å². The van der Waals surface area contributed by atoms with E-state index in [1.807, 2.05) is 0 Å². The average molecular weight is 211 g/mol. The van der Waals surface area contributed by atoms with E-state index in [4.69, 9.17) is 0 Å². The highest BCUT2D eigenvalue weighted by molar-refractivity contribution is 4.76. The lowest BCUT2D eigenvalue weighted by atomic mass is 10.1. The molecule has 0 amide bonds. The molecule has 0 aromatic carbocycles. The van der Waals surface area contributed by atoms with Crippen LogP contribution in [0.2, 0.25) is 0 Å². The highest BCUT2D eigenvalue weighted by Gasteiger charge is 2.21. The summed E-state index contributed by atoms with van der Waals surface area (Å²) in [7, 11) is 0. The van der Waals surface area contributed by atoms with Gasteiger partial charge in [0.05, 0.1) is 0 Å². The van der Waals surface area contributed by atoms with Crippen LogP contribution in [-0.4, -0.2) is 62.2 Å².